The summed E-state index contributed by atoms with van der Waals surface area (Å²) in [7, 11) is 3.52. The van der Waals surface area contributed by atoms with Gasteiger partial charge in [0, 0.05) is 19.2 Å². The lowest BCUT2D eigenvalue weighted by atomic mass is 10.1. The summed E-state index contributed by atoms with van der Waals surface area (Å²) in [6.07, 6.45) is 0.503. The first kappa shape index (κ1) is 11.0. The van der Waals surface area contributed by atoms with Crippen LogP contribution < -0.4 is 15.0 Å². The van der Waals surface area contributed by atoms with E-state index in [0.29, 0.717) is 13.0 Å². The van der Waals surface area contributed by atoms with E-state index in [1.807, 2.05) is 30.1 Å². The van der Waals surface area contributed by atoms with Crippen LogP contribution >= 0.6 is 0 Å². The Kier molecular flexibility index (Phi) is 3.10. The smallest absolute Gasteiger partial charge is 0.231 e. The molecule has 0 saturated heterocycles. The molecule has 1 heterocycles. The van der Waals surface area contributed by atoms with Gasteiger partial charge in [-0.2, -0.15) is 0 Å². The van der Waals surface area contributed by atoms with Gasteiger partial charge < -0.3 is 15.0 Å². The summed E-state index contributed by atoms with van der Waals surface area (Å²) in [6.45, 7) is 1.50. The lowest BCUT2D eigenvalue weighted by Gasteiger charge is -2.17. The zero-order valence-electron chi connectivity index (χ0n) is 9.62. The summed E-state index contributed by atoms with van der Waals surface area (Å²) in [4.78, 5) is 13.6. The normalized spacial score (nSPS) is 14.1. The predicted molar refractivity (Wildman–Crippen MR) is 63.0 cm³/mol. The Morgan fingerprint density at radius 3 is 3.00 bits per heavy atom. The van der Waals surface area contributed by atoms with Crippen LogP contribution in [0.1, 0.15) is 5.56 Å². The number of benzene rings is 1. The van der Waals surface area contributed by atoms with Crippen molar-refractivity contribution >= 4 is 11.6 Å². The van der Waals surface area contributed by atoms with Gasteiger partial charge in [0.15, 0.2) is 0 Å². The van der Waals surface area contributed by atoms with Crippen LogP contribution in [0.5, 0.6) is 5.75 Å². The van der Waals surface area contributed by atoms with Gasteiger partial charge >= 0.3 is 0 Å². The summed E-state index contributed by atoms with van der Waals surface area (Å²) < 4.78 is 5.17. The summed E-state index contributed by atoms with van der Waals surface area (Å²) in [5.41, 5.74) is 2.07. The SMILES string of the molecule is CNCCN1C(=O)Cc2ccc(OC)cc21. The number of rotatable bonds is 4. The van der Waals surface area contributed by atoms with Gasteiger partial charge in [0.1, 0.15) is 5.75 Å². The van der Waals surface area contributed by atoms with Crippen molar-refractivity contribution < 1.29 is 9.53 Å². The number of fused-ring (bicyclic) bond motifs is 1. The Labute approximate surface area is 95.2 Å². The van der Waals surface area contributed by atoms with Gasteiger partial charge in [0.2, 0.25) is 5.91 Å². The molecule has 1 aromatic carbocycles. The van der Waals surface area contributed by atoms with Gasteiger partial charge in [-0.25, -0.2) is 0 Å². The van der Waals surface area contributed by atoms with Gasteiger partial charge in [0.05, 0.1) is 19.2 Å². The molecule has 0 spiro atoms. The number of anilines is 1. The molecular formula is C12H16N2O2. The van der Waals surface area contributed by atoms with Crippen LogP contribution in [0, 0.1) is 0 Å². The average Bonchev–Trinajstić information content (AvgIpc) is 2.61. The number of hydrogen-bond acceptors (Lipinski definition) is 3. The number of carbonyl (C=O) groups is 1. The van der Waals surface area contributed by atoms with Crippen LogP contribution in [0.4, 0.5) is 5.69 Å². The first-order valence-corrected chi connectivity index (χ1v) is 5.38. The Morgan fingerprint density at radius 2 is 2.31 bits per heavy atom. The molecule has 4 heteroatoms. The zero-order chi connectivity index (χ0) is 11.5. The Balaban J connectivity index is 2.27. The highest BCUT2D eigenvalue weighted by Crippen LogP contribution is 2.31. The average molecular weight is 220 g/mol. The van der Waals surface area contributed by atoms with Crippen LogP contribution in [0.15, 0.2) is 18.2 Å². The van der Waals surface area contributed by atoms with Gasteiger partial charge in [-0.05, 0) is 18.7 Å². The number of nitrogens with one attached hydrogen (secondary N) is 1. The highest BCUT2D eigenvalue weighted by Gasteiger charge is 2.26. The first-order valence-electron chi connectivity index (χ1n) is 5.38. The van der Waals surface area contributed by atoms with Crippen LogP contribution in [0.2, 0.25) is 0 Å². The molecule has 1 aliphatic rings. The molecule has 0 bridgehead atoms. The molecule has 0 unspecified atom stereocenters. The van der Waals surface area contributed by atoms with Crippen molar-refractivity contribution in [2.24, 2.45) is 0 Å². The molecule has 86 valence electrons. The first-order chi connectivity index (χ1) is 7.76. The molecule has 0 aromatic heterocycles. The molecule has 0 fully saturated rings. The van der Waals surface area contributed by atoms with E-state index in [2.05, 4.69) is 5.32 Å². The minimum absolute atomic E-state index is 0.165. The fraction of sp³-hybridized carbons (Fsp3) is 0.417. The van der Waals surface area contributed by atoms with Crippen LogP contribution in [0.3, 0.4) is 0 Å². The third kappa shape index (κ3) is 1.88. The number of likely N-dealkylation sites (N-methyl/N-ethyl adjacent to an activating group) is 1. The molecule has 0 atom stereocenters. The van der Waals surface area contributed by atoms with Gasteiger partial charge in [-0.3, -0.25) is 4.79 Å². The monoisotopic (exact) mass is 220 g/mol. The molecule has 2 rings (SSSR count). The number of amides is 1. The molecular weight excluding hydrogens is 204 g/mol. The van der Waals surface area contributed by atoms with Crippen molar-refractivity contribution in [1.82, 2.24) is 5.32 Å². The van der Waals surface area contributed by atoms with E-state index in [-0.39, 0.29) is 5.91 Å². The van der Waals surface area contributed by atoms with E-state index in [1.54, 1.807) is 7.11 Å². The molecule has 16 heavy (non-hydrogen) atoms. The third-order valence-electron chi connectivity index (χ3n) is 2.81. The molecule has 1 N–H and O–H groups in total. The summed E-state index contributed by atoms with van der Waals surface area (Å²) in [6, 6.07) is 5.79. The van der Waals surface area contributed by atoms with Crippen molar-refractivity contribution in [3.8, 4) is 5.75 Å². The van der Waals surface area contributed by atoms with E-state index < -0.39 is 0 Å². The maximum atomic E-state index is 11.8. The number of methoxy groups -OCH3 is 1. The second kappa shape index (κ2) is 4.53. The Morgan fingerprint density at radius 1 is 1.50 bits per heavy atom. The summed E-state index contributed by atoms with van der Waals surface area (Å²) in [5.74, 6) is 0.960. The molecule has 0 aliphatic carbocycles. The fourth-order valence-electron chi connectivity index (χ4n) is 1.93. The van der Waals surface area contributed by atoms with Crippen molar-refractivity contribution in [3.05, 3.63) is 23.8 Å². The lowest BCUT2D eigenvalue weighted by Crippen LogP contribution is -2.33. The summed E-state index contributed by atoms with van der Waals surface area (Å²) in [5, 5.41) is 3.05. The number of hydrogen-bond donors (Lipinski definition) is 1. The molecule has 1 aromatic rings. The van der Waals surface area contributed by atoms with E-state index in [0.717, 1.165) is 23.5 Å². The Hall–Kier alpha value is -1.55. The van der Waals surface area contributed by atoms with Crippen LogP contribution in [-0.4, -0.2) is 33.2 Å². The maximum absolute atomic E-state index is 11.8. The van der Waals surface area contributed by atoms with Crippen molar-refractivity contribution in [1.29, 1.82) is 0 Å². The largest absolute Gasteiger partial charge is 0.497 e. The minimum atomic E-state index is 0.165. The molecule has 1 amide bonds. The highest BCUT2D eigenvalue weighted by molar-refractivity contribution is 6.01. The molecule has 1 aliphatic heterocycles. The number of carbonyl (C=O) groups excluding carboxylic acids is 1. The third-order valence-corrected chi connectivity index (χ3v) is 2.81. The van der Waals surface area contributed by atoms with E-state index in [9.17, 15) is 4.79 Å². The molecule has 0 radical (unpaired) electrons. The van der Waals surface area contributed by atoms with Crippen LogP contribution in [-0.2, 0) is 11.2 Å². The quantitative estimate of drug-likeness (QED) is 0.816. The minimum Gasteiger partial charge on any atom is -0.497 e. The van der Waals surface area contributed by atoms with Crippen molar-refractivity contribution in [3.63, 3.8) is 0 Å². The second-order valence-electron chi connectivity index (χ2n) is 3.82. The number of nitrogens with zero attached hydrogens (tertiary/aromatic N) is 1. The topological polar surface area (TPSA) is 41.6 Å². The zero-order valence-corrected chi connectivity index (χ0v) is 9.62. The second-order valence-corrected chi connectivity index (χ2v) is 3.82. The number of ether oxygens (including phenoxy) is 1. The van der Waals surface area contributed by atoms with E-state index in [4.69, 9.17) is 4.74 Å². The Bertz CT molecular complexity index is 404. The summed E-state index contributed by atoms with van der Waals surface area (Å²) >= 11 is 0. The van der Waals surface area contributed by atoms with Gasteiger partial charge in [-0.15, -0.1) is 0 Å². The van der Waals surface area contributed by atoms with Crippen molar-refractivity contribution in [2.75, 3.05) is 32.1 Å². The van der Waals surface area contributed by atoms with E-state index >= 15 is 0 Å². The highest BCUT2D eigenvalue weighted by atomic mass is 16.5. The van der Waals surface area contributed by atoms with Gasteiger partial charge in [0.25, 0.3) is 0 Å². The maximum Gasteiger partial charge on any atom is 0.231 e. The standard InChI is InChI=1S/C12H16N2O2/c1-13-5-6-14-11-8-10(16-2)4-3-9(11)7-12(14)15/h3-4,8,13H,5-7H2,1-2H3. The molecule has 0 saturated carbocycles. The predicted octanol–water partition coefficient (Wildman–Crippen LogP) is 0.804. The van der Waals surface area contributed by atoms with Gasteiger partial charge in [-0.1, -0.05) is 6.07 Å². The molecule has 4 nitrogen and oxygen atoms in total. The van der Waals surface area contributed by atoms with Crippen molar-refractivity contribution in [2.45, 2.75) is 6.42 Å². The lowest BCUT2D eigenvalue weighted by molar-refractivity contribution is -0.117. The van der Waals surface area contributed by atoms with E-state index in [1.165, 1.54) is 0 Å². The fourth-order valence-corrected chi connectivity index (χ4v) is 1.93. The van der Waals surface area contributed by atoms with Crippen LogP contribution in [0.25, 0.3) is 0 Å².